The maximum absolute atomic E-state index is 10.7. The Bertz CT molecular complexity index is 170. The molecular formula is C6H11O4S-. The van der Waals surface area contributed by atoms with Gasteiger partial charge >= 0.3 is 5.97 Å². The first kappa shape index (κ1) is 10.6. The van der Waals surface area contributed by atoms with Gasteiger partial charge < -0.3 is 8.74 Å². The van der Waals surface area contributed by atoms with Crippen LogP contribution in [0.15, 0.2) is 0 Å². The molecule has 0 aromatic heterocycles. The lowest BCUT2D eigenvalue weighted by Crippen LogP contribution is -2.16. The van der Waals surface area contributed by atoms with Crippen molar-refractivity contribution in [3.8, 4) is 0 Å². The minimum Gasteiger partial charge on any atom is -0.740 e. The van der Waals surface area contributed by atoms with Crippen LogP contribution >= 0.6 is 0 Å². The van der Waals surface area contributed by atoms with E-state index in [1.54, 1.807) is 0 Å². The average Bonchev–Trinajstić information content (AvgIpc) is 1.53. The average molecular weight is 179 g/mol. The molecule has 0 N–H and O–H groups in total. The third-order valence-corrected chi connectivity index (χ3v) is 1.16. The fourth-order valence-corrected chi connectivity index (χ4v) is 0.749. The van der Waals surface area contributed by atoms with E-state index in [9.17, 15) is 13.6 Å². The van der Waals surface area contributed by atoms with Crippen molar-refractivity contribution in [3.63, 3.8) is 0 Å². The predicted octanol–water partition coefficient (Wildman–Crippen LogP) is 0.760. The van der Waals surface area contributed by atoms with E-state index in [0.29, 0.717) is 0 Å². The van der Waals surface area contributed by atoms with Gasteiger partial charge in [0, 0.05) is 0 Å². The first-order valence-electron chi connectivity index (χ1n) is 3.12. The molecule has 0 aliphatic heterocycles. The normalized spacial score (nSPS) is 14.2. The molecule has 0 saturated carbocycles. The maximum Gasteiger partial charge on any atom is 0.319 e. The summed E-state index contributed by atoms with van der Waals surface area (Å²) in [4.78, 5) is 10.7. The maximum atomic E-state index is 10.7. The van der Waals surface area contributed by atoms with Crippen molar-refractivity contribution in [3.05, 3.63) is 0 Å². The van der Waals surface area contributed by atoms with Crippen molar-refractivity contribution in [2.75, 3.05) is 0 Å². The monoisotopic (exact) mass is 179 g/mol. The Morgan fingerprint density at radius 3 is 2.27 bits per heavy atom. The van der Waals surface area contributed by atoms with Crippen molar-refractivity contribution in [2.24, 2.45) is 5.41 Å². The summed E-state index contributed by atoms with van der Waals surface area (Å²) in [5.41, 5.74) is -0.240. The highest BCUT2D eigenvalue weighted by atomic mass is 32.2. The van der Waals surface area contributed by atoms with Gasteiger partial charge in [0.1, 0.15) is 11.4 Å². The smallest absolute Gasteiger partial charge is 0.319 e. The quantitative estimate of drug-likeness (QED) is 0.587. The van der Waals surface area contributed by atoms with Crippen LogP contribution in [0.4, 0.5) is 0 Å². The second-order valence-corrected chi connectivity index (χ2v) is 3.97. The van der Waals surface area contributed by atoms with Gasteiger partial charge in [0.05, 0.1) is 6.42 Å². The molecule has 0 radical (unpaired) electrons. The molecule has 5 heteroatoms. The molecule has 0 amide bonds. The molecule has 0 aromatic carbocycles. The first-order chi connectivity index (χ1) is 4.81. The minimum absolute atomic E-state index is 0.0982. The van der Waals surface area contributed by atoms with Crippen LogP contribution < -0.4 is 0 Å². The Kier molecular flexibility index (Phi) is 3.68. The zero-order chi connectivity index (χ0) is 9.07. The zero-order valence-corrected chi connectivity index (χ0v) is 7.56. The molecule has 0 aliphatic rings. The van der Waals surface area contributed by atoms with Crippen LogP contribution in [0.2, 0.25) is 0 Å². The molecule has 0 aliphatic carbocycles. The molecular weight excluding hydrogens is 168 g/mol. The van der Waals surface area contributed by atoms with Crippen molar-refractivity contribution in [2.45, 2.75) is 27.2 Å². The molecule has 4 nitrogen and oxygen atoms in total. The molecule has 0 bridgehead atoms. The van der Waals surface area contributed by atoms with Gasteiger partial charge in [0.15, 0.2) is 0 Å². The molecule has 0 aromatic rings. The summed E-state index contributed by atoms with van der Waals surface area (Å²) in [6.07, 6.45) is 0.0982. The van der Waals surface area contributed by atoms with E-state index in [1.807, 2.05) is 20.8 Å². The third kappa shape index (κ3) is 7.48. The van der Waals surface area contributed by atoms with Crippen LogP contribution in [0.1, 0.15) is 27.2 Å². The van der Waals surface area contributed by atoms with E-state index in [4.69, 9.17) is 0 Å². The van der Waals surface area contributed by atoms with E-state index in [2.05, 4.69) is 4.18 Å². The van der Waals surface area contributed by atoms with E-state index < -0.39 is 17.3 Å². The summed E-state index contributed by atoms with van der Waals surface area (Å²) in [6.45, 7) is 5.46. The van der Waals surface area contributed by atoms with E-state index in [0.717, 1.165) is 0 Å². The molecule has 0 spiro atoms. The molecule has 0 saturated heterocycles. The second-order valence-electron chi connectivity index (χ2n) is 3.40. The van der Waals surface area contributed by atoms with Gasteiger partial charge in [-0.05, 0) is 5.41 Å². The number of carbonyl (C=O) groups is 1. The topological polar surface area (TPSA) is 66.4 Å². The zero-order valence-electron chi connectivity index (χ0n) is 6.75. The fourth-order valence-electron chi connectivity index (χ4n) is 0.538. The van der Waals surface area contributed by atoms with Crippen LogP contribution in [0.3, 0.4) is 0 Å². The van der Waals surface area contributed by atoms with Gasteiger partial charge in [-0.3, -0.25) is 4.79 Å². The van der Waals surface area contributed by atoms with Gasteiger partial charge in [-0.2, -0.15) is 0 Å². The number of hydrogen-bond acceptors (Lipinski definition) is 4. The SMILES string of the molecule is CC(C)(C)CC(=O)OS(=O)[O-]. The Balaban J connectivity index is 3.80. The third-order valence-electron chi connectivity index (χ3n) is 0.836. The molecule has 0 rings (SSSR count). The van der Waals surface area contributed by atoms with Crippen LogP contribution in [-0.4, -0.2) is 14.7 Å². The summed E-state index contributed by atoms with van der Waals surface area (Å²) >= 11 is -2.73. The second kappa shape index (κ2) is 3.82. The van der Waals surface area contributed by atoms with Gasteiger partial charge in [-0.1, -0.05) is 20.8 Å². The molecule has 66 valence electrons. The van der Waals surface area contributed by atoms with Crippen LogP contribution in [0.25, 0.3) is 0 Å². The van der Waals surface area contributed by atoms with Crippen LogP contribution in [0.5, 0.6) is 0 Å². The fraction of sp³-hybridized carbons (Fsp3) is 0.833. The van der Waals surface area contributed by atoms with Gasteiger partial charge in [-0.25, -0.2) is 4.21 Å². The van der Waals surface area contributed by atoms with Crippen molar-refractivity contribution in [1.82, 2.24) is 0 Å². The Morgan fingerprint density at radius 1 is 1.55 bits per heavy atom. The molecule has 0 heterocycles. The number of rotatable bonds is 2. The summed E-state index contributed by atoms with van der Waals surface area (Å²) in [7, 11) is 0. The first-order valence-corrected chi connectivity index (χ1v) is 4.12. The van der Waals surface area contributed by atoms with Crippen molar-refractivity contribution in [1.29, 1.82) is 0 Å². The Hall–Kier alpha value is -0.420. The number of carbonyl (C=O) groups excluding carboxylic acids is 1. The standard InChI is InChI=1S/C6H12O4S/c1-6(2,3)4-5(7)10-11(8)9/h4H2,1-3H3,(H,8,9)/p-1. The highest BCUT2D eigenvalue weighted by Gasteiger charge is 2.17. The minimum atomic E-state index is -2.73. The van der Waals surface area contributed by atoms with Crippen molar-refractivity contribution >= 4 is 17.3 Å². The summed E-state index contributed by atoms with van der Waals surface area (Å²) < 4.78 is 23.6. The molecule has 1 unspecified atom stereocenters. The highest BCUT2D eigenvalue weighted by Crippen LogP contribution is 2.18. The predicted molar refractivity (Wildman–Crippen MR) is 39.1 cm³/mol. The Labute approximate surface area is 68.4 Å². The van der Waals surface area contributed by atoms with Crippen molar-refractivity contribution < 1.29 is 17.7 Å². The lowest BCUT2D eigenvalue weighted by molar-refractivity contribution is -0.135. The van der Waals surface area contributed by atoms with Gasteiger partial charge in [-0.15, -0.1) is 0 Å². The number of hydrogen-bond donors (Lipinski definition) is 0. The largest absolute Gasteiger partial charge is 0.740 e. The molecule has 1 atom stereocenters. The van der Waals surface area contributed by atoms with E-state index >= 15 is 0 Å². The van der Waals surface area contributed by atoms with Crippen LogP contribution in [0, 0.1) is 5.41 Å². The van der Waals surface area contributed by atoms with Gasteiger partial charge in [0.2, 0.25) is 0 Å². The lowest BCUT2D eigenvalue weighted by atomic mass is 9.93. The van der Waals surface area contributed by atoms with E-state index in [-0.39, 0.29) is 11.8 Å². The van der Waals surface area contributed by atoms with Crippen LogP contribution in [-0.2, 0) is 20.3 Å². The molecule has 11 heavy (non-hydrogen) atoms. The summed E-state index contributed by atoms with van der Waals surface area (Å²) in [6, 6.07) is 0. The summed E-state index contributed by atoms with van der Waals surface area (Å²) in [5, 5.41) is 0. The molecule has 0 fully saturated rings. The van der Waals surface area contributed by atoms with Gasteiger partial charge in [0.25, 0.3) is 0 Å². The Morgan fingerprint density at radius 2 is 2.00 bits per heavy atom. The lowest BCUT2D eigenvalue weighted by Gasteiger charge is -2.16. The van der Waals surface area contributed by atoms with E-state index in [1.165, 1.54) is 0 Å². The summed E-state index contributed by atoms with van der Waals surface area (Å²) in [5.74, 6) is -0.717. The highest BCUT2D eigenvalue weighted by molar-refractivity contribution is 7.74.